The van der Waals surface area contributed by atoms with Gasteiger partial charge in [0.15, 0.2) is 5.82 Å². The van der Waals surface area contributed by atoms with Crippen molar-refractivity contribution in [3.8, 4) is 11.3 Å². The number of morpholine rings is 2. The summed E-state index contributed by atoms with van der Waals surface area (Å²) in [6.45, 7) is 8.17. The number of carbonyl (C=O) groups excluding carboxylic acids is 1. The number of ether oxygens (including phenoxy) is 3. The molecule has 0 atom stereocenters. The molecule has 1 aromatic carbocycles. The number of anilines is 3. The lowest BCUT2D eigenvalue weighted by Gasteiger charge is -2.31. The molecule has 1 N–H and O–H groups in total. The lowest BCUT2D eigenvalue weighted by atomic mass is 10.1. The first kappa shape index (κ1) is 26.6. The summed E-state index contributed by atoms with van der Waals surface area (Å²) in [5, 5.41) is 4.36. The summed E-state index contributed by atoms with van der Waals surface area (Å²) >= 11 is 0. The molecule has 11 heteroatoms. The van der Waals surface area contributed by atoms with Crippen LogP contribution in [0.3, 0.4) is 0 Å². The molecule has 11 nitrogen and oxygen atoms in total. The molecule has 0 saturated carbocycles. The van der Waals surface area contributed by atoms with Crippen molar-refractivity contribution in [1.29, 1.82) is 0 Å². The number of benzene rings is 1. The summed E-state index contributed by atoms with van der Waals surface area (Å²) in [5.41, 5.74) is 4.41. The minimum Gasteiger partial charge on any atom is -0.462 e. The van der Waals surface area contributed by atoms with Crippen molar-refractivity contribution in [2.24, 2.45) is 5.10 Å². The Balaban J connectivity index is 1.24. The number of hydrogen-bond donors (Lipinski definition) is 1. The fraction of sp³-hybridized carbons (Fsp3) is 0.429. The number of aromatic nitrogens is 2. The van der Waals surface area contributed by atoms with Crippen LogP contribution in [0.4, 0.5) is 17.6 Å². The van der Waals surface area contributed by atoms with Crippen LogP contribution in [0, 0.1) is 0 Å². The molecule has 2 saturated heterocycles. The van der Waals surface area contributed by atoms with E-state index in [-0.39, 0.29) is 5.97 Å². The summed E-state index contributed by atoms with van der Waals surface area (Å²) in [7, 11) is 0. The molecule has 2 aliphatic rings. The number of nitrogens with zero attached hydrogens (tertiary/aromatic N) is 5. The molecular weight excluding hydrogens is 500 g/mol. The lowest BCUT2D eigenvalue weighted by molar-refractivity contribution is 0.0499. The van der Waals surface area contributed by atoms with E-state index >= 15 is 0 Å². The van der Waals surface area contributed by atoms with Gasteiger partial charge in [0.25, 0.3) is 0 Å². The van der Waals surface area contributed by atoms with Gasteiger partial charge in [0.2, 0.25) is 5.95 Å². The van der Waals surface area contributed by atoms with Crippen molar-refractivity contribution in [3.63, 3.8) is 0 Å². The van der Waals surface area contributed by atoms with Gasteiger partial charge >= 0.3 is 5.97 Å². The van der Waals surface area contributed by atoms with Crippen LogP contribution in [-0.2, 0) is 14.2 Å². The average molecular weight is 535 g/mol. The van der Waals surface area contributed by atoms with Crippen LogP contribution >= 0.6 is 0 Å². The maximum Gasteiger partial charge on any atom is 0.338 e. The predicted molar refractivity (Wildman–Crippen MR) is 149 cm³/mol. The van der Waals surface area contributed by atoms with Crippen LogP contribution in [0.2, 0.25) is 0 Å². The zero-order chi connectivity index (χ0) is 26.9. The van der Waals surface area contributed by atoms with Crippen LogP contribution in [0.25, 0.3) is 11.3 Å². The first-order valence-electron chi connectivity index (χ1n) is 13.4. The van der Waals surface area contributed by atoms with Crippen molar-refractivity contribution in [2.45, 2.75) is 19.8 Å². The van der Waals surface area contributed by atoms with Crippen molar-refractivity contribution in [1.82, 2.24) is 9.97 Å². The fourth-order valence-corrected chi connectivity index (χ4v) is 4.24. The van der Waals surface area contributed by atoms with Gasteiger partial charge < -0.3 is 28.4 Å². The fourth-order valence-electron chi connectivity index (χ4n) is 4.24. The maximum atomic E-state index is 12.1. The highest BCUT2D eigenvalue weighted by molar-refractivity contribution is 5.90. The van der Waals surface area contributed by atoms with Gasteiger partial charge in [-0.05, 0) is 30.7 Å². The van der Waals surface area contributed by atoms with Gasteiger partial charge in [0, 0.05) is 37.8 Å². The second-order valence-electron chi connectivity index (χ2n) is 9.25. The first-order chi connectivity index (χ1) is 19.2. The molecule has 4 heterocycles. The molecule has 0 radical (unpaired) electrons. The molecule has 3 aromatic rings. The molecule has 0 aliphatic carbocycles. The largest absolute Gasteiger partial charge is 0.462 e. The minimum absolute atomic E-state index is 0.313. The Morgan fingerprint density at radius 1 is 1.00 bits per heavy atom. The third kappa shape index (κ3) is 7.12. The SMILES string of the molecule is CCCCOC(=O)c1ccc(-c2ccc(C=NNc3cc(N4CCOCC4)nc(N4CCOCC4)n3)o2)cc1. The van der Waals surface area contributed by atoms with Crippen molar-refractivity contribution in [2.75, 3.05) is 74.4 Å². The van der Waals surface area contributed by atoms with Crippen LogP contribution in [-0.4, -0.2) is 81.4 Å². The van der Waals surface area contributed by atoms with Crippen LogP contribution in [0.1, 0.15) is 35.9 Å². The van der Waals surface area contributed by atoms with Gasteiger partial charge in [-0.15, -0.1) is 0 Å². The Labute approximate surface area is 227 Å². The highest BCUT2D eigenvalue weighted by Gasteiger charge is 2.19. The predicted octanol–water partition coefficient (Wildman–Crippen LogP) is 3.81. The van der Waals surface area contributed by atoms with Gasteiger partial charge in [0.05, 0.1) is 44.8 Å². The van der Waals surface area contributed by atoms with Crippen LogP contribution < -0.4 is 15.2 Å². The summed E-state index contributed by atoms with van der Waals surface area (Å²) in [5.74, 6) is 3.03. The normalized spacial score (nSPS) is 16.0. The van der Waals surface area contributed by atoms with Gasteiger partial charge in [-0.1, -0.05) is 25.5 Å². The molecule has 5 rings (SSSR count). The highest BCUT2D eigenvalue weighted by Crippen LogP contribution is 2.24. The van der Waals surface area contributed by atoms with Gasteiger partial charge in [-0.2, -0.15) is 15.1 Å². The van der Waals surface area contributed by atoms with Crippen molar-refractivity contribution in [3.05, 3.63) is 53.8 Å². The number of hydrazone groups is 1. The molecule has 0 spiro atoms. The summed E-state index contributed by atoms with van der Waals surface area (Å²) < 4.78 is 22.2. The smallest absolute Gasteiger partial charge is 0.338 e. The lowest BCUT2D eigenvalue weighted by Crippen LogP contribution is -2.39. The Hall–Kier alpha value is -3.96. The Bertz CT molecular complexity index is 1210. The number of esters is 1. The number of furan rings is 1. The van der Waals surface area contributed by atoms with E-state index in [1.54, 1.807) is 18.3 Å². The standard InChI is InChI=1S/C28H34N6O5/c1-2-3-14-38-27(35)22-6-4-21(5-7-22)24-9-8-23(39-24)20-29-32-25-19-26(33-10-15-36-16-11-33)31-28(30-25)34-12-17-37-18-13-34/h4-9,19-20H,2-3,10-18H2,1H3,(H,30,31,32). The highest BCUT2D eigenvalue weighted by atomic mass is 16.5. The Kier molecular flexibility index (Phi) is 9.02. The second kappa shape index (κ2) is 13.2. The number of nitrogens with one attached hydrogen (secondary N) is 1. The second-order valence-corrected chi connectivity index (χ2v) is 9.25. The van der Waals surface area contributed by atoms with Gasteiger partial charge in [-0.25, -0.2) is 4.79 Å². The molecule has 2 aliphatic heterocycles. The molecule has 2 fully saturated rings. The summed E-state index contributed by atoms with van der Waals surface area (Å²) in [4.78, 5) is 25.9. The number of hydrogen-bond acceptors (Lipinski definition) is 11. The molecule has 39 heavy (non-hydrogen) atoms. The van der Waals surface area contributed by atoms with Gasteiger partial charge in [0.1, 0.15) is 17.3 Å². The van der Waals surface area contributed by atoms with E-state index in [0.29, 0.717) is 61.9 Å². The third-order valence-electron chi connectivity index (χ3n) is 6.46. The summed E-state index contributed by atoms with van der Waals surface area (Å²) in [6, 6.07) is 12.8. The van der Waals surface area contributed by atoms with Crippen molar-refractivity contribution >= 4 is 29.8 Å². The zero-order valence-electron chi connectivity index (χ0n) is 22.2. The van der Waals surface area contributed by atoms with E-state index < -0.39 is 0 Å². The molecular formula is C28H34N6O5. The maximum absolute atomic E-state index is 12.1. The quantitative estimate of drug-likeness (QED) is 0.178. The van der Waals surface area contributed by atoms with E-state index in [0.717, 1.165) is 50.4 Å². The van der Waals surface area contributed by atoms with E-state index in [4.69, 9.17) is 23.6 Å². The van der Waals surface area contributed by atoms with E-state index in [1.165, 1.54) is 0 Å². The topological polar surface area (TPSA) is 115 Å². The number of unbranched alkanes of at least 4 members (excludes halogenated alkanes) is 1. The van der Waals surface area contributed by atoms with E-state index in [9.17, 15) is 4.79 Å². The molecule has 0 amide bonds. The average Bonchev–Trinajstić information content (AvgIpc) is 3.47. The summed E-state index contributed by atoms with van der Waals surface area (Å²) in [6.07, 6.45) is 3.44. The van der Waals surface area contributed by atoms with Crippen LogP contribution in [0.15, 0.2) is 52.0 Å². The van der Waals surface area contributed by atoms with Gasteiger partial charge in [-0.3, -0.25) is 5.43 Å². The van der Waals surface area contributed by atoms with E-state index in [1.807, 2.05) is 30.3 Å². The third-order valence-corrected chi connectivity index (χ3v) is 6.46. The Morgan fingerprint density at radius 2 is 1.72 bits per heavy atom. The molecule has 206 valence electrons. The zero-order valence-corrected chi connectivity index (χ0v) is 22.2. The van der Waals surface area contributed by atoms with E-state index in [2.05, 4.69) is 32.2 Å². The molecule has 0 unspecified atom stereocenters. The number of rotatable bonds is 10. The van der Waals surface area contributed by atoms with Crippen molar-refractivity contribution < 1.29 is 23.4 Å². The molecule has 0 bridgehead atoms. The number of carbonyl (C=O) groups is 1. The Morgan fingerprint density at radius 3 is 2.44 bits per heavy atom. The minimum atomic E-state index is -0.313. The first-order valence-corrected chi connectivity index (χ1v) is 13.4. The monoisotopic (exact) mass is 534 g/mol. The van der Waals surface area contributed by atoms with Crippen LogP contribution in [0.5, 0.6) is 0 Å². The molecule has 2 aromatic heterocycles.